The summed E-state index contributed by atoms with van der Waals surface area (Å²) in [5.74, 6) is -1.36. The van der Waals surface area contributed by atoms with E-state index in [1.165, 1.54) is 0 Å². The molecule has 98 valence electrons. The summed E-state index contributed by atoms with van der Waals surface area (Å²) in [6, 6.07) is 0. The van der Waals surface area contributed by atoms with E-state index in [1.807, 2.05) is 0 Å². The molecule has 4 nitrogen and oxygen atoms in total. The van der Waals surface area contributed by atoms with Gasteiger partial charge >= 0.3 is 5.97 Å². The van der Waals surface area contributed by atoms with Crippen molar-refractivity contribution in [3.05, 3.63) is 22.3 Å². The van der Waals surface area contributed by atoms with Crippen LogP contribution < -0.4 is 0 Å². The van der Waals surface area contributed by atoms with E-state index in [4.69, 9.17) is 5.11 Å². The van der Waals surface area contributed by atoms with Crippen molar-refractivity contribution in [2.24, 2.45) is 5.41 Å². The van der Waals surface area contributed by atoms with Gasteiger partial charge in [0.1, 0.15) is 0 Å². The van der Waals surface area contributed by atoms with E-state index >= 15 is 0 Å². The van der Waals surface area contributed by atoms with Gasteiger partial charge in [-0.2, -0.15) is 0 Å². The highest BCUT2D eigenvalue weighted by Gasteiger charge is 2.38. The fourth-order valence-electron chi connectivity index (χ4n) is 2.37. The molecular formula is C14H18O4. The molecule has 0 unspecified atom stereocenters. The lowest BCUT2D eigenvalue weighted by Gasteiger charge is -2.30. The van der Waals surface area contributed by atoms with Crippen molar-refractivity contribution < 1.29 is 19.5 Å². The van der Waals surface area contributed by atoms with Gasteiger partial charge < -0.3 is 5.11 Å². The Hall–Kier alpha value is -1.71. The highest BCUT2D eigenvalue weighted by molar-refractivity contribution is 6.25. The van der Waals surface area contributed by atoms with E-state index in [9.17, 15) is 14.4 Å². The van der Waals surface area contributed by atoms with Crippen LogP contribution in [0.1, 0.15) is 41.0 Å². The number of aliphatic carboxylic acids is 1. The first-order chi connectivity index (χ1) is 8.09. The van der Waals surface area contributed by atoms with Crippen LogP contribution in [-0.2, 0) is 14.4 Å². The molecule has 4 heteroatoms. The minimum absolute atomic E-state index is 0.166. The van der Waals surface area contributed by atoms with E-state index in [0.29, 0.717) is 22.3 Å². The van der Waals surface area contributed by atoms with Crippen LogP contribution in [0.5, 0.6) is 0 Å². The number of carboxylic acid groups (broad SMARTS) is 1. The molecule has 1 rings (SSSR count). The van der Waals surface area contributed by atoms with E-state index < -0.39 is 11.4 Å². The Balaban J connectivity index is 3.36. The molecule has 0 aromatic carbocycles. The predicted octanol–water partition coefficient (Wildman–Crippen LogP) is 2.29. The number of hydrogen-bond acceptors (Lipinski definition) is 3. The first-order valence-electron chi connectivity index (χ1n) is 5.79. The maximum atomic E-state index is 12.3. The summed E-state index contributed by atoms with van der Waals surface area (Å²) < 4.78 is 0. The zero-order valence-corrected chi connectivity index (χ0v) is 11.4. The number of ketones is 2. The molecule has 0 aliphatic heterocycles. The fourth-order valence-corrected chi connectivity index (χ4v) is 2.37. The molecule has 1 aliphatic carbocycles. The van der Waals surface area contributed by atoms with Gasteiger partial charge in [-0.05, 0) is 20.8 Å². The van der Waals surface area contributed by atoms with Gasteiger partial charge in [-0.1, -0.05) is 13.8 Å². The first-order valence-corrected chi connectivity index (χ1v) is 5.79. The van der Waals surface area contributed by atoms with Gasteiger partial charge in [-0.15, -0.1) is 0 Å². The second kappa shape index (κ2) is 4.52. The van der Waals surface area contributed by atoms with E-state index in [0.717, 1.165) is 0 Å². The molecule has 0 radical (unpaired) electrons. The summed E-state index contributed by atoms with van der Waals surface area (Å²) in [6.45, 7) is 8.19. The molecule has 0 atom stereocenters. The molecule has 1 N–H and O–H groups in total. The normalized spacial score (nSPS) is 17.6. The van der Waals surface area contributed by atoms with Crippen LogP contribution in [0.4, 0.5) is 0 Å². The monoisotopic (exact) mass is 250 g/mol. The number of hydrogen-bond donors (Lipinski definition) is 1. The second-order valence-corrected chi connectivity index (χ2v) is 5.36. The SMILES string of the molecule is CC1=C(C)C(=O)C(C(C)(C)CC(=O)O)=C(C)C1=O. The molecule has 0 fully saturated rings. The van der Waals surface area contributed by atoms with Crippen molar-refractivity contribution >= 4 is 17.5 Å². The summed E-state index contributed by atoms with van der Waals surface area (Å²) in [7, 11) is 0. The van der Waals surface area contributed by atoms with Gasteiger partial charge in [-0.25, -0.2) is 0 Å². The zero-order valence-electron chi connectivity index (χ0n) is 11.4. The third-order valence-corrected chi connectivity index (χ3v) is 3.46. The Morgan fingerprint density at radius 2 is 1.44 bits per heavy atom. The molecular weight excluding hydrogens is 232 g/mol. The molecule has 0 aromatic heterocycles. The van der Waals surface area contributed by atoms with E-state index in [1.54, 1.807) is 34.6 Å². The van der Waals surface area contributed by atoms with Crippen molar-refractivity contribution in [1.29, 1.82) is 0 Å². The Kier molecular flexibility index (Phi) is 3.60. The molecule has 0 saturated carbocycles. The van der Waals surface area contributed by atoms with Gasteiger partial charge in [0.15, 0.2) is 11.6 Å². The summed E-state index contributed by atoms with van der Waals surface area (Å²) in [5.41, 5.74) is 0.726. The van der Waals surface area contributed by atoms with Crippen molar-refractivity contribution in [2.45, 2.75) is 41.0 Å². The smallest absolute Gasteiger partial charge is 0.304 e. The molecule has 0 saturated heterocycles. The predicted molar refractivity (Wildman–Crippen MR) is 67.1 cm³/mol. The maximum absolute atomic E-state index is 12.3. The van der Waals surface area contributed by atoms with E-state index in [-0.39, 0.29) is 18.0 Å². The lowest BCUT2D eigenvalue weighted by atomic mass is 9.71. The Morgan fingerprint density at radius 1 is 1.00 bits per heavy atom. The average molecular weight is 250 g/mol. The number of rotatable bonds is 3. The second-order valence-electron chi connectivity index (χ2n) is 5.36. The fraction of sp³-hybridized carbons (Fsp3) is 0.500. The van der Waals surface area contributed by atoms with Crippen LogP contribution in [0.2, 0.25) is 0 Å². The van der Waals surface area contributed by atoms with Gasteiger partial charge in [0.2, 0.25) is 0 Å². The topological polar surface area (TPSA) is 71.4 Å². The number of carbonyl (C=O) groups excluding carboxylic acids is 2. The van der Waals surface area contributed by atoms with Crippen LogP contribution in [0, 0.1) is 5.41 Å². The quantitative estimate of drug-likeness (QED) is 0.780. The van der Waals surface area contributed by atoms with Gasteiger partial charge in [0.05, 0.1) is 6.42 Å². The largest absolute Gasteiger partial charge is 0.481 e. The molecule has 18 heavy (non-hydrogen) atoms. The van der Waals surface area contributed by atoms with Crippen LogP contribution in [0.25, 0.3) is 0 Å². The summed E-state index contributed by atoms with van der Waals surface area (Å²) in [4.78, 5) is 35.1. The first kappa shape index (κ1) is 14.4. The minimum atomic E-state index is -0.982. The molecule has 0 bridgehead atoms. The highest BCUT2D eigenvalue weighted by Crippen LogP contribution is 2.38. The van der Waals surface area contributed by atoms with Gasteiger partial charge in [0.25, 0.3) is 0 Å². The summed E-state index contributed by atoms with van der Waals surface area (Å²) in [5, 5.41) is 8.91. The summed E-state index contributed by atoms with van der Waals surface area (Å²) >= 11 is 0. The Labute approximate surface area is 106 Å². The van der Waals surface area contributed by atoms with Crippen molar-refractivity contribution in [2.75, 3.05) is 0 Å². The van der Waals surface area contributed by atoms with Crippen molar-refractivity contribution in [3.8, 4) is 0 Å². The lowest BCUT2D eigenvalue weighted by Crippen LogP contribution is -2.31. The Bertz CT molecular complexity index is 504. The van der Waals surface area contributed by atoms with Crippen molar-refractivity contribution in [3.63, 3.8) is 0 Å². The standard InChI is InChI=1S/C14H18O4/c1-7-8(2)13(18)11(9(3)12(7)17)14(4,5)6-10(15)16/h6H2,1-5H3,(H,15,16). The number of carbonyl (C=O) groups is 3. The Morgan fingerprint density at radius 3 is 1.89 bits per heavy atom. The van der Waals surface area contributed by atoms with Crippen LogP contribution >= 0.6 is 0 Å². The van der Waals surface area contributed by atoms with Gasteiger partial charge in [0, 0.05) is 27.7 Å². The zero-order chi connectivity index (χ0) is 14.2. The molecule has 0 aromatic rings. The number of allylic oxidation sites excluding steroid dienone is 4. The average Bonchev–Trinajstić information content (AvgIpc) is 2.21. The molecule has 0 spiro atoms. The van der Waals surface area contributed by atoms with Crippen LogP contribution in [0.3, 0.4) is 0 Å². The third kappa shape index (κ3) is 2.28. The minimum Gasteiger partial charge on any atom is -0.481 e. The number of carboxylic acids is 1. The lowest BCUT2D eigenvalue weighted by molar-refractivity contribution is -0.138. The molecule has 0 heterocycles. The molecule has 1 aliphatic rings. The van der Waals surface area contributed by atoms with Gasteiger partial charge in [-0.3, -0.25) is 14.4 Å². The third-order valence-electron chi connectivity index (χ3n) is 3.46. The summed E-state index contributed by atoms with van der Waals surface area (Å²) in [6.07, 6.45) is -0.176. The van der Waals surface area contributed by atoms with Crippen molar-refractivity contribution in [1.82, 2.24) is 0 Å². The van der Waals surface area contributed by atoms with E-state index in [2.05, 4.69) is 0 Å². The highest BCUT2D eigenvalue weighted by atomic mass is 16.4. The van der Waals surface area contributed by atoms with Crippen LogP contribution in [-0.4, -0.2) is 22.6 Å². The number of Topliss-reactive ketones (excluding diaryl/α,β-unsaturated/α-hetero) is 2. The molecule has 0 amide bonds. The van der Waals surface area contributed by atoms with Crippen LogP contribution in [0.15, 0.2) is 22.3 Å². The maximum Gasteiger partial charge on any atom is 0.304 e.